The minimum absolute atomic E-state index is 0.463. The lowest BCUT2D eigenvalue weighted by Crippen LogP contribution is -1.88. The molecule has 0 aliphatic rings. The maximum atomic E-state index is 5.33. The van der Waals surface area contributed by atoms with E-state index < -0.39 is 0 Å². The van der Waals surface area contributed by atoms with Crippen LogP contribution in [0.3, 0.4) is 0 Å². The Balaban J connectivity index is 3.12. The van der Waals surface area contributed by atoms with Gasteiger partial charge >= 0.3 is 0 Å². The summed E-state index contributed by atoms with van der Waals surface area (Å²) in [6.07, 6.45) is 6.67. The number of nitrogen functional groups attached to an aromatic ring is 1. The van der Waals surface area contributed by atoms with E-state index >= 15 is 0 Å². The maximum Gasteiger partial charge on any atom is 0.124 e. The fourth-order valence-electron chi connectivity index (χ4n) is 0.538. The van der Waals surface area contributed by atoms with E-state index in [-0.39, 0.29) is 0 Å². The highest BCUT2D eigenvalue weighted by Gasteiger charge is 1.85. The largest absolute Gasteiger partial charge is 0.384 e. The quantitative estimate of drug-likeness (QED) is 0.508. The van der Waals surface area contributed by atoms with Crippen molar-refractivity contribution >= 4 is 5.82 Å². The molecule has 2 nitrogen and oxygen atoms in total. The predicted molar refractivity (Wildman–Crippen MR) is 36.6 cm³/mol. The fourth-order valence-corrected chi connectivity index (χ4v) is 0.538. The summed E-state index contributed by atoms with van der Waals surface area (Å²) < 4.78 is 0. The number of anilines is 1. The normalized spacial score (nSPS) is 8.33. The van der Waals surface area contributed by atoms with Gasteiger partial charge in [0.15, 0.2) is 0 Å². The lowest BCUT2D eigenvalue weighted by atomic mass is 10.3. The van der Waals surface area contributed by atoms with E-state index in [1.165, 1.54) is 0 Å². The van der Waals surface area contributed by atoms with E-state index in [0.717, 1.165) is 5.56 Å². The second-order valence-corrected chi connectivity index (χ2v) is 1.61. The van der Waals surface area contributed by atoms with Crippen LogP contribution in [-0.2, 0) is 0 Å². The Kier molecular flexibility index (Phi) is 1.37. The zero-order valence-corrected chi connectivity index (χ0v) is 4.83. The van der Waals surface area contributed by atoms with Gasteiger partial charge in [-0.3, -0.25) is 0 Å². The number of nitrogens with zero attached hydrogens (tertiary/aromatic N) is 1. The van der Waals surface area contributed by atoms with Crippen molar-refractivity contribution in [2.45, 2.75) is 0 Å². The van der Waals surface area contributed by atoms with Crippen molar-refractivity contribution in [3.63, 3.8) is 0 Å². The molecule has 2 heteroatoms. The summed E-state index contributed by atoms with van der Waals surface area (Å²) in [5.41, 5.74) is 6.09. The second-order valence-electron chi connectivity index (χ2n) is 1.61. The number of terminal acetylenes is 1. The molecule has 0 radical (unpaired) electrons. The van der Waals surface area contributed by atoms with Crippen LogP contribution >= 0.6 is 0 Å². The molecule has 0 aliphatic heterocycles. The molecule has 1 rings (SSSR count). The lowest BCUT2D eigenvalue weighted by molar-refractivity contribution is 1.33. The van der Waals surface area contributed by atoms with Gasteiger partial charge in [0.2, 0.25) is 0 Å². The summed E-state index contributed by atoms with van der Waals surface area (Å²) in [5.74, 6) is 2.91. The van der Waals surface area contributed by atoms with Crippen LogP contribution in [0.1, 0.15) is 5.56 Å². The van der Waals surface area contributed by atoms with Gasteiger partial charge in [0, 0.05) is 11.8 Å². The van der Waals surface area contributed by atoms with E-state index in [4.69, 9.17) is 12.2 Å². The van der Waals surface area contributed by atoms with Crippen LogP contribution < -0.4 is 5.73 Å². The van der Waals surface area contributed by atoms with Gasteiger partial charge in [-0.25, -0.2) is 4.98 Å². The molecule has 1 heterocycles. The first kappa shape index (κ1) is 5.64. The van der Waals surface area contributed by atoms with E-state index in [0.29, 0.717) is 5.82 Å². The summed E-state index contributed by atoms with van der Waals surface area (Å²) in [4.78, 5) is 3.77. The Morgan fingerprint density at radius 2 is 2.44 bits per heavy atom. The molecule has 0 atom stereocenters. The summed E-state index contributed by atoms with van der Waals surface area (Å²) in [5, 5.41) is 0. The second kappa shape index (κ2) is 2.19. The van der Waals surface area contributed by atoms with Crippen LogP contribution in [0.2, 0.25) is 0 Å². The maximum absolute atomic E-state index is 5.33. The SMILES string of the molecule is C#Cc1ccnc(N)c1. The zero-order valence-electron chi connectivity index (χ0n) is 4.83. The number of hydrogen-bond acceptors (Lipinski definition) is 2. The highest BCUT2D eigenvalue weighted by atomic mass is 14.8. The highest BCUT2D eigenvalue weighted by molar-refractivity contribution is 5.39. The number of aromatic nitrogens is 1. The molecular weight excluding hydrogens is 112 g/mol. The topological polar surface area (TPSA) is 38.9 Å². The van der Waals surface area contributed by atoms with Crippen molar-refractivity contribution in [2.75, 3.05) is 5.73 Å². The van der Waals surface area contributed by atoms with Gasteiger partial charge in [0.05, 0.1) is 0 Å². The molecule has 0 aliphatic carbocycles. The van der Waals surface area contributed by atoms with Gasteiger partial charge in [-0.1, -0.05) is 5.92 Å². The van der Waals surface area contributed by atoms with Crippen molar-refractivity contribution in [2.24, 2.45) is 0 Å². The van der Waals surface area contributed by atoms with Crippen LogP contribution in [0.25, 0.3) is 0 Å². The molecule has 0 aromatic carbocycles. The Morgan fingerprint density at radius 1 is 1.67 bits per heavy atom. The monoisotopic (exact) mass is 118 g/mol. The molecule has 0 unspecified atom stereocenters. The summed E-state index contributed by atoms with van der Waals surface area (Å²) in [6.45, 7) is 0. The van der Waals surface area contributed by atoms with Gasteiger partial charge in [-0.2, -0.15) is 0 Å². The van der Waals surface area contributed by atoms with E-state index in [9.17, 15) is 0 Å². The van der Waals surface area contributed by atoms with Crippen LogP contribution in [-0.4, -0.2) is 4.98 Å². The predicted octanol–water partition coefficient (Wildman–Crippen LogP) is 0.645. The van der Waals surface area contributed by atoms with E-state index in [1.807, 2.05) is 0 Å². The van der Waals surface area contributed by atoms with E-state index in [2.05, 4.69) is 10.9 Å². The Labute approximate surface area is 53.7 Å². The first-order chi connectivity index (χ1) is 4.33. The Hall–Kier alpha value is -1.49. The Morgan fingerprint density at radius 3 is 2.89 bits per heavy atom. The van der Waals surface area contributed by atoms with Crippen LogP contribution in [0, 0.1) is 12.3 Å². The van der Waals surface area contributed by atoms with Gasteiger partial charge < -0.3 is 5.73 Å². The molecule has 44 valence electrons. The van der Waals surface area contributed by atoms with Crippen LogP contribution in [0.5, 0.6) is 0 Å². The van der Waals surface area contributed by atoms with Gasteiger partial charge in [-0.05, 0) is 12.1 Å². The molecule has 0 saturated carbocycles. The average Bonchev–Trinajstić information content (AvgIpc) is 1.88. The smallest absolute Gasteiger partial charge is 0.124 e. The first-order valence-corrected chi connectivity index (χ1v) is 2.51. The molecule has 0 bridgehead atoms. The average molecular weight is 118 g/mol. The van der Waals surface area contributed by atoms with Gasteiger partial charge in [-0.15, -0.1) is 6.42 Å². The molecule has 0 fully saturated rings. The number of pyridine rings is 1. The number of nitrogens with two attached hydrogens (primary N) is 1. The van der Waals surface area contributed by atoms with E-state index in [1.54, 1.807) is 18.3 Å². The molecular formula is C7H6N2. The van der Waals surface area contributed by atoms with Crippen molar-refractivity contribution in [3.8, 4) is 12.3 Å². The van der Waals surface area contributed by atoms with Gasteiger partial charge in [0.1, 0.15) is 5.82 Å². The molecule has 0 amide bonds. The molecule has 1 aromatic rings. The minimum atomic E-state index is 0.463. The number of rotatable bonds is 0. The molecule has 0 saturated heterocycles. The number of hydrogen-bond donors (Lipinski definition) is 1. The summed E-state index contributed by atoms with van der Waals surface area (Å²) in [6, 6.07) is 3.39. The minimum Gasteiger partial charge on any atom is -0.384 e. The standard InChI is InChI=1S/C7H6N2/c1-2-6-3-4-9-7(8)5-6/h1,3-5H,(H2,8,9). The van der Waals surface area contributed by atoms with Crippen molar-refractivity contribution < 1.29 is 0 Å². The first-order valence-electron chi connectivity index (χ1n) is 2.51. The molecule has 9 heavy (non-hydrogen) atoms. The van der Waals surface area contributed by atoms with Crippen molar-refractivity contribution in [1.29, 1.82) is 0 Å². The van der Waals surface area contributed by atoms with Crippen LogP contribution in [0.4, 0.5) is 5.82 Å². The fraction of sp³-hybridized carbons (Fsp3) is 0. The summed E-state index contributed by atoms with van der Waals surface area (Å²) in [7, 11) is 0. The third kappa shape index (κ3) is 1.20. The molecule has 0 spiro atoms. The molecule has 1 aromatic heterocycles. The summed E-state index contributed by atoms with van der Waals surface area (Å²) >= 11 is 0. The van der Waals surface area contributed by atoms with Crippen molar-refractivity contribution in [1.82, 2.24) is 4.98 Å². The third-order valence-electron chi connectivity index (χ3n) is 0.948. The third-order valence-corrected chi connectivity index (χ3v) is 0.948. The van der Waals surface area contributed by atoms with Crippen LogP contribution in [0.15, 0.2) is 18.3 Å². The zero-order chi connectivity index (χ0) is 6.69. The highest BCUT2D eigenvalue weighted by Crippen LogP contribution is 1.99. The molecule has 2 N–H and O–H groups in total. The van der Waals surface area contributed by atoms with Gasteiger partial charge in [0.25, 0.3) is 0 Å². The Bertz CT molecular complexity index is 247. The van der Waals surface area contributed by atoms with Crippen molar-refractivity contribution in [3.05, 3.63) is 23.9 Å². The lowest BCUT2D eigenvalue weighted by Gasteiger charge is -1.89.